The zero-order valence-electron chi connectivity index (χ0n) is 16.0. The van der Waals surface area contributed by atoms with Crippen molar-refractivity contribution in [3.05, 3.63) is 76.7 Å². The lowest BCUT2D eigenvalue weighted by atomic mass is 9.99. The maximum atomic E-state index is 12.6. The van der Waals surface area contributed by atoms with E-state index < -0.39 is 0 Å². The zero-order chi connectivity index (χ0) is 19.0. The lowest BCUT2D eigenvalue weighted by Gasteiger charge is -2.29. The summed E-state index contributed by atoms with van der Waals surface area (Å²) >= 11 is 0. The number of anilines is 1. The molecule has 1 aliphatic heterocycles. The standard InChI is InChI=1S/C23H23N3O/c1-15-6-4-5-7-20(15)19-10-8-18(9-11-19)14-26-22(27)13-12-21-16(2)24-17(3)25-23(21)26/h4-11H,12-14H2,1-3H3. The van der Waals surface area contributed by atoms with Crippen molar-refractivity contribution in [2.45, 2.75) is 40.2 Å². The average Bonchev–Trinajstić information content (AvgIpc) is 2.65. The number of fused-ring (bicyclic) bond motifs is 1. The van der Waals surface area contributed by atoms with Crippen LogP contribution in [0.5, 0.6) is 0 Å². The number of carbonyl (C=O) groups is 1. The number of hydrogen-bond donors (Lipinski definition) is 0. The molecule has 1 aromatic heterocycles. The Kier molecular flexibility index (Phi) is 4.48. The largest absolute Gasteiger partial charge is 0.292 e. The Morgan fingerprint density at radius 3 is 2.41 bits per heavy atom. The number of carbonyl (C=O) groups excluding carboxylic acids is 1. The van der Waals surface area contributed by atoms with Crippen LogP contribution < -0.4 is 4.90 Å². The van der Waals surface area contributed by atoms with Gasteiger partial charge in [-0.05, 0) is 49.4 Å². The van der Waals surface area contributed by atoms with E-state index in [-0.39, 0.29) is 5.91 Å². The molecule has 2 aromatic carbocycles. The van der Waals surface area contributed by atoms with E-state index in [0.29, 0.717) is 18.8 Å². The Bertz CT molecular complexity index is 1010. The predicted molar refractivity (Wildman–Crippen MR) is 108 cm³/mol. The molecule has 0 radical (unpaired) electrons. The quantitative estimate of drug-likeness (QED) is 0.691. The Morgan fingerprint density at radius 1 is 0.926 bits per heavy atom. The Labute approximate surface area is 159 Å². The summed E-state index contributed by atoms with van der Waals surface area (Å²) < 4.78 is 0. The van der Waals surface area contributed by atoms with E-state index in [2.05, 4.69) is 65.4 Å². The number of hydrogen-bond acceptors (Lipinski definition) is 3. The van der Waals surface area contributed by atoms with Gasteiger partial charge in [-0.1, -0.05) is 48.5 Å². The fourth-order valence-electron chi connectivity index (χ4n) is 3.75. The molecule has 4 nitrogen and oxygen atoms in total. The van der Waals surface area contributed by atoms with Crippen LogP contribution in [0.1, 0.15) is 34.6 Å². The molecule has 1 amide bonds. The van der Waals surface area contributed by atoms with E-state index in [1.807, 2.05) is 18.7 Å². The van der Waals surface area contributed by atoms with Crippen LogP contribution in [0.4, 0.5) is 5.82 Å². The molecule has 0 spiro atoms. The van der Waals surface area contributed by atoms with Gasteiger partial charge in [0.1, 0.15) is 11.6 Å². The van der Waals surface area contributed by atoms with Crippen molar-refractivity contribution < 1.29 is 4.79 Å². The summed E-state index contributed by atoms with van der Waals surface area (Å²) in [5.74, 6) is 1.61. The van der Waals surface area contributed by atoms with Crippen molar-refractivity contribution in [2.75, 3.05) is 4.90 Å². The van der Waals surface area contributed by atoms with Crippen molar-refractivity contribution in [1.82, 2.24) is 9.97 Å². The van der Waals surface area contributed by atoms with Gasteiger partial charge in [0.25, 0.3) is 0 Å². The average molecular weight is 357 g/mol. The van der Waals surface area contributed by atoms with E-state index in [0.717, 1.165) is 29.1 Å². The summed E-state index contributed by atoms with van der Waals surface area (Å²) in [6.07, 6.45) is 1.24. The van der Waals surface area contributed by atoms with Gasteiger partial charge in [0, 0.05) is 17.7 Å². The van der Waals surface area contributed by atoms with E-state index in [1.165, 1.54) is 16.7 Å². The highest BCUT2D eigenvalue weighted by Crippen LogP contribution is 2.30. The highest BCUT2D eigenvalue weighted by Gasteiger charge is 2.27. The minimum atomic E-state index is 0.128. The molecule has 136 valence electrons. The third-order valence-electron chi connectivity index (χ3n) is 5.20. The molecule has 0 bridgehead atoms. The molecular formula is C23H23N3O. The van der Waals surface area contributed by atoms with Crippen LogP contribution in [0, 0.1) is 20.8 Å². The molecule has 3 aromatic rings. The highest BCUT2D eigenvalue weighted by atomic mass is 16.2. The first-order chi connectivity index (χ1) is 13.0. The summed E-state index contributed by atoms with van der Waals surface area (Å²) in [5.41, 5.74) is 6.86. The second-order valence-electron chi connectivity index (χ2n) is 7.15. The summed E-state index contributed by atoms with van der Waals surface area (Å²) in [7, 11) is 0. The SMILES string of the molecule is Cc1nc(C)c2c(n1)N(Cc1ccc(-c3ccccc3C)cc1)C(=O)CC2. The molecule has 4 rings (SSSR count). The predicted octanol–water partition coefficient (Wildman–Crippen LogP) is 4.55. The van der Waals surface area contributed by atoms with Crippen molar-refractivity contribution >= 4 is 11.7 Å². The summed E-state index contributed by atoms with van der Waals surface area (Å²) in [6, 6.07) is 16.8. The second-order valence-corrected chi connectivity index (χ2v) is 7.15. The maximum absolute atomic E-state index is 12.6. The van der Waals surface area contributed by atoms with E-state index in [1.54, 1.807) is 0 Å². The van der Waals surface area contributed by atoms with Gasteiger partial charge < -0.3 is 0 Å². The van der Waals surface area contributed by atoms with Gasteiger partial charge in [-0.25, -0.2) is 9.97 Å². The number of nitrogens with zero attached hydrogens (tertiary/aromatic N) is 3. The second kappa shape index (κ2) is 6.95. The number of aryl methyl sites for hydroxylation is 3. The van der Waals surface area contributed by atoms with Crippen LogP contribution >= 0.6 is 0 Å². The van der Waals surface area contributed by atoms with Crippen molar-refractivity contribution in [2.24, 2.45) is 0 Å². The molecule has 0 saturated heterocycles. The van der Waals surface area contributed by atoms with Crippen LogP contribution in [-0.2, 0) is 17.8 Å². The molecule has 0 saturated carbocycles. The number of amides is 1. The monoisotopic (exact) mass is 357 g/mol. The minimum absolute atomic E-state index is 0.128. The lowest BCUT2D eigenvalue weighted by molar-refractivity contribution is -0.119. The van der Waals surface area contributed by atoms with Gasteiger partial charge >= 0.3 is 0 Å². The molecule has 0 unspecified atom stereocenters. The molecule has 0 fully saturated rings. The van der Waals surface area contributed by atoms with Gasteiger partial charge in [0.2, 0.25) is 5.91 Å². The lowest BCUT2D eigenvalue weighted by Crippen LogP contribution is -2.36. The van der Waals surface area contributed by atoms with E-state index in [4.69, 9.17) is 0 Å². The Morgan fingerprint density at radius 2 is 1.67 bits per heavy atom. The normalized spacial score (nSPS) is 13.6. The van der Waals surface area contributed by atoms with Crippen LogP contribution in [0.3, 0.4) is 0 Å². The Hall–Kier alpha value is -3.01. The van der Waals surface area contributed by atoms with Crippen LogP contribution in [0.25, 0.3) is 11.1 Å². The molecule has 27 heavy (non-hydrogen) atoms. The fraction of sp³-hybridized carbons (Fsp3) is 0.261. The topological polar surface area (TPSA) is 46.1 Å². The van der Waals surface area contributed by atoms with Gasteiger partial charge in [-0.15, -0.1) is 0 Å². The summed E-state index contributed by atoms with van der Waals surface area (Å²) in [4.78, 5) is 23.4. The first-order valence-corrected chi connectivity index (χ1v) is 9.32. The first-order valence-electron chi connectivity index (χ1n) is 9.32. The number of benzene rings is 2. The maximum Gasteiger partial charge on any atom is 0.228 e. The van der Waals surface area contributed by atoms with Crippen LogP contribution in [0.15, 0.2) is 48.5 Å². The minimum Gasteiger partial charge on any atom is -0.292 e. The molecule has 2 heterocycles. The van der Waals surface area contributed by atoms with Crippen molar-refractivity contribution in [1.29, 1.82) is 0 Å². The molecule has 0 atom stereocenters. The van der Waals surface area contributed by atoms with Gasteiger partial charge in [0.05, 0.1) is 6.54 Å². The Balaban J connectivity index is 1.63. The van der Waals surface area contributed by atoms with Gasteiger partial charge in [-0.3, -0.25) is 9.69 Å². The van der Waals surface area contributed by atoms with Crippen LogP contribution in [0.2, 0.25) is 0 Å². The highest BCUT2D eigenvalue weighted by molar-refractivity contribution is 5.95. The molecule has 0 N–H and O–H groups in total. The fourth-order valence-corrected chi connectivity index (χ4v) is 3.75. The van der Waals surface area contributed by atoms with Crippen LogP contribution in [-0.4, -0.2) is 15.9 Å². The van der Waals surface area contributed by atoms with Crippen molar-refractivity contribution in [3.63, 3.8) is 0 Å². The number of aromatic nitrogens is 2. The van der Waals surface area contributed by atoms with E-state index >= 15 is 0 Å². The van der Waals surface area contributed by atoms with E-state index in [9.17, 15) is 4.79 Å². The van der Waals surface area contributed by atoms with Gasteiger partial charge in [0.15, 0.2) is 0 Å². The van der Waals surface area contributed by atoms with Gasteiger partial charge in [-0.2, -0.15) is 0 Å². The molecule has 0 aliphatic carbocycles. The van der Waals surface area contributed by atoms with Crippen molar-refractivity contribution in [3.8, 4) is 11.1 Å². The number of rotatable bonds is 3. The summed E-state index contributed by atoms with van der Waals surface area (Å²) in [6.45, 7) is 6.53. The molecule has 1 aliphatic rings. The molecular weight excluding hydrogens is 334 g/mol. The third-order valence-corrected chi connectivity index (χ3v) is 5.20. The molecule has 4 heteroatoms. The zero-order valence-corrected chi connectivity index (χ0v) is 16.0. The smallest absolute Gasteiger partial charge is 0.228 e. The summed E-state index contributed by atoms with van der Waals surface area (Å²) in [5, 5.41) is 0. The third kappa shape index (κ3) is 3.35. The first kappa shape index (κ1) is 17.4.